The molecule has 0 saturated carbocycles. The minimum atomic E-state index is -0.711. The van der Waals surface area contributed by atoms with Crippen LogP contribution in [0.2, 0.25) is 0 Å². The first-order chi connectivity index (χ1) is 7.32. The van der Waals surface area contributed by atoms with E-state index in [9.17, 15) is 9.90 Å². The number of hydrogen-bond donors (Lipinski definition) is 1. The predicted octanol–water partition coefficient (Wildman–Crippen LogP) is 1.60. The molecule has 1 heterocycles. The minimum absolute atomic E-state index is 0.0653. The van der Waals surface area contributed by atoms with Crippen LogP contribution in [0.4, 0.5) is 0 Å². The van der Waals surface area contributed by atoms with E-state index >= 15 is 0 Å². The first-order valence-corrected chi connectivity index (χ1v) is 5.88. The molecule has 94 valence electrons. The van der Waals surface area contributed by atoms with Gasteiger partial charge >= 0.3 is 5.97 Å². The molecular weight excluding hydrogens is 206 g/mol. The van der Waals surface area contributed by atoms with Gasteiger partial charge in [-0.2, -0.15) is 0 Å². The summed E-state index contributed by atoms with van der Waals surface area (Å²) in [5.41, 5.74) is -0.723. The summed E-state index contributed by atoms with van der Waals surface area (Å²) in [5, 5.41) is 9.28. The maximum absolute atomic E-state index is 11.3. The van der Waals surface area contributed by atoms with E-state index in [2.05, 4.69) is 18.7 Å². The number of morpholine rings is 1. The summed E-state index contributed by atoms with van der Waals surface area (Å²) in [6, 6.07) is 0. The molecule has 0 spiro atoms. The maximum atomic E-state index is 11.3. The summed E-state index contributed by atoms with van der Waals surface area (Å²) in [5.74, 6) is -0.711. The van der Waals surface area contributed by atoms with Crippen molar-refractivity contribution in [3.63, 3.8) is 0 Å². The number of hydrogen-bond acceptors (Lipinski definition) is 3. The topological polar surface area (TPSA) is 49.8 Å². The van der Waals surface area contributed by atoms with E-state index in [1.54, 1.807) is 0 Å². The Bertz CT molecular complexity index is 265. The van der Waals surface area contributed by atoms with E-state index in [-0.39, 0.29) is 5.54 Å². The van der Waals surface area contributed by atoms with Gasteiger partial charge in [-0.1, -0.05) is 6.92 Å². The lowest BCUT2D eigenvalue weighted by Crippen LogP contribution is -2.56. The summed E-state index contributed by atoms with van der Waals surface area (Å²) in [7, 11) is 0. The smallest absolute Gasteiger partial charge is 0.310 e. The van der Waals surface area contributed by atoms with Crippen molar-refractivity contribution >= 4 is 5.97 Å². The first-order valence-electron chi connectivity index (χ1n) is 5.88. The van der Waals surface area contributed by atoms with Gasteiger partial charge in [0, 0.05) is 18.6 Å². The van der Waals surface area contributed by atoms with E-state index in [0.717, 1.165) is 6.54 Å². The van der Waals surface area contributed by atoms with Gasteiger partial charge in [0.05, 0.1) is 18.6 Å². The second-order valence-corrected chi connectivity index (χ2v) is 5.51. The summed E-state index contributed by atoms with van der Waals surface area (Å²) in [4.78, 5) is 13.5. The molecule has 1 fully saturated rings. The molecule has 0 aromatic rings. The number of ether oxygens (including phenoxy) is 1. The summed E-state index contributed by atoms with van der Waals surface area (Å²) < 4.78 is 5.43. The fourth-order valence-electron chi connectivity index (χ4n) is 1.94. The van der Waals surface area contributed by atoms with Gasteiger partial charge in [0.15, 0.2) is 0 Å². The SMILES string of the molecule is CCC(C)(CN1CCOCC1(C)C)C(=O)O. The third-order valence-corrected chi connectivity index (χ3v) is 3.65. The second-order valence-electron chi connectivity index (χ2n) is 5.51. The Morgan fingerprint density at radius 3 is 2.62 bits per heavy atom. The lowest BCUT2D eigenvalue weighted by molar-refractivity contribution is -0.152. The third-order valence-electron chi connectivity index (χ3n) is 3.65. The highest BCUT2D eigenvalue weighted by Gasteiger charge is 2.39. The largest absolute Gasteiger partial charge is 0.481 e. The molecule has 0 aliphatic carbocycles. The standard InChI is InChI=1S/C12H23NO3/c1-5-12(4,10(14)15)8-13-6-7-16-9-11(13,2)3/h5-9H2,1-4H3,(H,14,15). The summed E-state index contributed by atoms with van der Waals surface area (Å²) >= 11 is 0. The zero-order valence-electron chi connectivity index (χ0n) is 10.7. The Kier molecular flexibility index (Phi) is 3.97. The molecule has 0 aromatic carbocycles. The van der Waals surface area contributed by atoms with Crippen molar-refractivity contribution in [2.75, 3.05) is 26.3 Å². The van der Waals surface area contributed by atoms with Crippen LogP contribution < -0.4 is 0 Å². The number of rotatable bonds is 4. The van der Waals surface area contributed by atoms with Crippen LogP contribution in [0, 0.1) is 5.41 Å². The van der Waals surface area contributed by atoms with Crippen molar-refractivity contribution in [2.24, 2.45) is 5.41 Å². The van der Waals surface area contributed by atoms with Crippen LogP contribution in [-0.2, 0) is 9.53 Å². The number of aliphatic carboxylic acids is 1. The molecule has 4 heteroatoms. The van der Waals surface area contributed by atoms with Gasteiger partial charge in [-0.05, 0) is 27.2 Å². The van der Waals surface area contributed by atoms with E-state index in [1.807, 2.05) is 13.8 Å². The van der Waals surface area contributed by atoms with Crippen LogP contribution in [0.5, 0.6) is 0 Å². The molecule has 0 bridgehead atoms. The zero-order chi connectivity index (χ0) is 12.4. The van der Waals surface area contributed by atoms with Gasteiger partial charge < -0.3 is 9.84 Å². The molecule has 1 rings (SSSR count). The fourth-order valence-corrected chi connectivity index (χ4v) is 1.94. The number of carbonyl (C=O) groups is 1. The predicted molar refractivity (Wildman–Crippen MR) is 62.5 cm³/mol. The lowest BCUT2D eigenvalue weighted by Gasteiger charge is -2.45. The van der Waals surface area contributed by atoms with E-state index in [4.69, 9.17) is 4.74 Å². The van der Waals surface area contributed by atoms with Crippen molar-refractivity contribution in [3.8, 4) is 0 Å². The fraction of sp³-hybridized carbons (Fsp3) is 0.917. The molecule has 16 heavy (non-hydrogen) atoms. The molecular formula is C12H23NO3. The van der Waals surface area contributed by atoms with Gasteiger partial charge in [-0.25, -0.2) is 0 Å². The quantitative estimate of drug-likeness (QED) is 0.795. The van der Waals surface area contributed by atoms with Crippen LogP contribution in [-0.4, -0.2) is 47.8 Å². The molecule has 1 unspecified atom stereocenters. The van der Waals surface area contributed by atoms with Gasteiger partial charge in [0.2, 0.25) is 0 Å². The Morgan fingerprint density at radius 1 is 1.56 bits per heavy atom. The van der Waals surface area contributed by atoms with Gasteiger partial charge in [-0.3, -0.25) is 9.69 Å². The average molecular weight is 229 g/mol. The second kappa shape index (κ2) is 4.72. The van der Waals surface area contributed by atoms with Crippen molar-refractivity contribution < 1.29 is 14.6 Å². The number of carboxylic acid groups (broad SMARTS) is 1. The summed E-state index contributed by atoms with van der Waals surface area (Å²) in [6.07, 6.45) is 0.649. The van der Waals surface area contributed by atoms with Crippen LogP contribution in [0.3, 0.4) is 0 Å². The van der Waals surface area contributed by atoms with Gasteiger partial charge in [-0.15, -0.1) is 0 Å². The monoisotopic (exact) mass is 229 g/mol. The van der Waals surface area contributed by atoms with Crippen LogP contribution in [0.15, 0.2) is 0 Å². The molecule has 4 nitrogen and oxygen atoms in total. The Hall–Kier alpha value is -0.610. The van der Waals surface area contributed by atoms with E-state index < -0.39 is 11.4 Å². The Labute approximate surface area is 97.6 Å². The molecule has 1 N–H and O–H groups in total. The molecule has 0 amide bonds. The maximum Gasteiger partial charge on any atom is 0.310 e. The number of nitrogens with zero attached hydrogens (tertiary/aromatic N) is 1. The van der Waals surface area contributed by atoms with Crippen molar-refractivity contribution in [1.29, 1.82) is 0 Å². The van der Waals surface area contributed by atoms with E-state index in [0.29, 0.717) is 26.2 Å². The molecule has 0 aromatic heterocycles. The van der Waals surface area contributed by atoms with Crippen LogP contribution in [0.1, 0.15) is 34.1 Å². The third kappa shape index (κ3) is 2.74. The van der Waals surface area contributed by atoms with Crippen LogP contribution >= 0.6 is 0 Å². The Morgan fingerprint density at radius 2 is 2.19 bits per heavy atom. The highest BCUT2D eigenvalue weighted by atomic mass is 16.5. The zero-order valence-corrected chi connectivity index (χ0v) is 10.7. The molecule has 0 radical (unpaired) electrons. The number of carboxylic acids is 1. The van der Waals surface area contributed by atoms with Crippen molar-refractivity contribution in [3.05, 3.63) is 0 Å². The highest BCUT2D eigenvalue weighted by Crippen LogP contribution is 2.28. The van der Waals surface area contributed by atoms with E-state index in [1.165, 1.54) is 0 Å². The molecule has 1 aliphatic heterocycles. The highest BCUT2D eigenvalue weighted by molar-refractivity contribution is 5.74. The first kappa shape index (κ1) is 13.5. The normalized spacial score (nSPS) is 25.0. The molecule has 1 aliphatic rings. The minimum Gasteiger partial charge on any atom is -0.481 e. The van der Waals surface area contributed by atoms with Crippen molar-refractivity contribution in [2.45, 2.75) is 39.7 Å². The molecule has 1 saturated heterocycles. The van der Waals surface area contributed by atoms with Gasteiger partial charge in [0.25, 0.3) is 0 Å². The Balaban J connectivity index is 2.74. The van der Waals surface area contributed by atoms with Crippen molar-refractivity contribution in [1.82, 2.24) is 4.90 Å². The summed E-state index contributed by atoms with van der Waals surface area (Å²) in [6.45, 7) is 10.7. The van der Waals surface area contributed by atoms with Crippen LogP contribution in [0.25, 0.3) is 0 Å². The molecule has 1 atom stereocenters. The lowest BCUT2D eigenvalue weighted by atomic mass is 9.85. The van der Waals surface area contributed by atoms with Gasteiger partial charge in [0.1, 0.15) is 0 Å². The average Bonchev–Trinajstić information content (AvgIpc) is 2.20.